The molecule has 9 nitrogen and oxygen atoms in total. The Hall–Kier alpha value is -4.40. The van der Waals surface area contributed by atoms with Gasteiger partial charge in [0.25, 0.3) is 5.91 Å². The third-order valence-corrected chi connectivity index (χ3v) is 5.13. The summed E-state index contributed by atoms with van der Waals surface area (Å²) in [4.78, 5) is 21.2. The highest BCUT2D eigenvalue weighted by molar-refractivity contribution is 6.04. The molecule has 34 heavy (non-hydrogen) atoms. The van der Waals surface area contributed by atoms with Crippen molar-refractivity contribution in [1.82, 2.24) is 15.1 Å². The molecule has 4 rings (SSSR count). The van der Waals surface area contributed by atoms with Crippen LogP contribution in [-0.2, 0) is 13.2 Å². The Balaban J connectivity index is 1.45. The van der Waals surface area contributed by atoms with Gasteiger partial charge in [-0.05, 0) is 61.9 Å². The number of methoxy groups -OCH3 is 1. The lowest BCUT2D eigenvalue weighted by atomic mass is 10.2. The summed E-state index contributed by atoms with van der Waals surface area (Å²) in [6.45, 7) is 4.28. The number of benzene rings is 1. The van der Waals surface area contributed by atoms with Crippen molar-refractivity contribution < 1.29 is 23.5 Å². The molecule has 0 bridgehead atoms. The summed E-state index contributed by atoms with van der Waals surface area (Å²) in [5.41, 5.74) is 2.98. The number of carbonyl (C=O) groups excluding carboxylic acids is 1. The van der Waals surface area contributed by atoms with Crippen LogP contribution in [-0.4, -0.2) is 28.1 Å². The summed E-state index contributed by atoms with van der Waals surface area (Å²) in [5.74, 6) is 2.04. The van der Waals surface area contributed by atoms with Crippen molar-refractivity contribution >= 4 is 11.7 Å². The lowest BCUT2D eigenvalue weighted by Crippen LogP contribution is -2.14. The van der Waals surface area contributed by atoms with Crippen LogP contribution in [0.3, 0.4) is 0 Å². The summed E-state index contributed by atoms with van der Waals surface area (Å²) >= 11 is 0. The van der Waals surface area contributed by atoms with E-state index in [0.717, 1.165) is 16.8 Å². The monoisotopic (exact) mass is 460 g/mol. The predicted octanol–water partition coefficient (Wildman–Crippen LogP) is 4.50. The summed E-state index contributed by atoms with van der Waals surface area (Å²) in [6.07, 6.45) is 4.97. The van der Waals surface area contributed by atoms with Gasteiger partial charge in [0, 0.05) is 24.2 Å². The van der Waals surface area contributed by atoms with Gasteiger partial charge in [0.05, 0.1) is 18.4 Å². The van der Waals surface area contributed by atoms with E-state index in [1.807, 2.05) is 26.0 Å². The fourth-order valence-corrected chi connectivity index (χ4v) is 3.21. The second kappa shape index (κ2) is 10.5. The molecule has 1 amide bonds. The van der Waals surface area contributed by atoms with E-state index in [1.165, 1.54) is 7.11 Å². The van der Waals surface area contributed by atoms with E-state index in [-0.39, 0.29) is 12.5 Å². The highest BCUT2D eigenvalue weighted by Crippen LogP contribution is 2.30. The number of hydrogen-bond donors (Lipinski definition) is 1. The van der Waals surface area contributed by atoms with Gasteiger partial charge < -0.3 is 24.1 Å². The maximum atomic E-state index is 12.9. The van der Waals surface area contributed by atoms with Gasteiger partial charge in [-0.25, -0.2) is 4.98 Å². The lowest BCUT2D eigenvalue weighted by Gasteiger charge is -2.13. The molecule has 0 saturated carbocycles. The zero-order chi connectivity index (χ0) is 23.9. The molecule has 0 radical (unpaired) electrons. The molecule has 0 unspecified atom stereocenters. The summed E-state index contributed by atoms with van der Waals surface area (Å²) in [6, 6.07) is 12.2. The molecule has 0 saturated heterocycles. The second-order valence-electron chi connectivity index (χ2n) is 7.41. The Morgan fingerprint density at radius 1 is 0.971 bits per heavy atom. The van der Waals surface area contributed by atoms with Gasteiger partial charge >= 0.3 is 0 Å². The largest absolute Gasteiger partial charge is 0.493 e. The number of nitrogens with zero attached hydrogens (tertiary/aromatic N) is 3. The van der Waals surface area contributed by atoms with Crippen LogP contribution in [0.5, 0.6) is 17.2 Å². The van der Waals surface area contributed by atoms with E-state index in [4.69, 9.17) is 18.7 Å². The molecule has 0 aliphatic heterocycles. The number of ether oxygens (including phenoxy) is 3. The zero-order valence-electron chi connectivity index (χ0n) is 19.1. The van der Waals surface area contributed by atoms with Crippen molar-refractivity contribution in [2.75, 3.05) is 12.4 Å². The first-order valence-corrected chi connectivity index (χ1v) is 10.6. The average molecular weight is 460 g/mol. The minimum atomic E-state index is -0.358. The van der Waals surface area contributed by atoms with Gasteiger partial charge in [0.1, 0.15) is 19.0 Å². The molecule has 0 atom stereocenters. The summed E-state index contributed by atoms with van der Waals surface area (Å²) in [5, 5.41) is 6.73. The Morgan fingerprint density at radius 2 is 1.76 bits per heavy atom. The third-order valence-electron chi connectivity index (χ3n) is 5.13. The summed E-state index contributed by atoms with van der Waals surface area (Å²) < 4.78 is 22.3. The number of aryl methyl sites for hydroxylation is 2. The first kappa shape index (κ1) is 22.8. The van der Waals surface area contributed by atoms with Crippen LogP contribution >= 0.6 is 0 Å². The van der Waals surface area contributed by atoms with Crippen LogP contribution in [0.15, 0.2) is 65.6 Å². The van der Waals surface area contributed by atoms with Gasteiger partial charge in [0.2, 0.25) is 0 Å². The van der Waals surface area contributed by atoms with Crippen molar-refractivity contribution in [3.63, 3.8) is 0 Å². The van der Waals surface area contributed by atoms with Crippen LogP contribution < -0.4 is 19.5 Å². The number of aromatic nitrogens is 3. The molecule has 0 aliphatic carbocycles. The predicted molar refractivity (Wildman–Crippen MR) is 124 cm³/mol. The van der Waals surface area contributed by atoms with E-state index in [0.29, 0.717) is 41.0 Å². The number of rotatable bonds is 9. The van der Waals surface area contributed by atoms with E-state index in [2.05, 4.69) is 20.4 Å². The van der Waals surface area contributed by atoms with Gasteiger partial charge in [-0.15, -0.1) is 0 Å². The Kier molecular flexibility index (Phi) is 7.02. The molecule has 1 aromatic carbocycles. The third kappa shape index (κ3) is 5.32. The number of nitrogens with one attached hydrogen (secondary N) is 1. The van der Waals surface area contributed by atoms with Crippen molar-refractivity contribution in [1.29, 1.82) is 0 Å². The van der Waals surface area contributed by atoms with Crippen LogP contribution in [0.2, 0.25) is 0 Å². The van der Waals surface area contributed by atoms with Crippen molar-refractivity contribution in [3.05, 3.63) is 89.2 Å². The molecule has 3 heterocycles. The topological polar surface area (TPSA) is 109 Å². The van der Waals surface area contributed by atoms with Crippen molar-refractivity contribution in [3.8, 4) is 17.2 Å². The molecule has 3 aromatic heterocycles. The maximum Gasteiger partial charge on any atom is 0.257 e. The molecule has 4 aromatic rings. The van der Waals surface area contributed by atoms with Gasteiger partial charge in [-0.2, -0.15) is 0 Å². The van der Waals surface area contributed by atoms with Crippen LogP contribution in [0.1, 0.15) is 32.9 Å². The quantitative estimate of drug-likeness (QED) is 0.389. The average Bonchev–Trinajstić information content (AvgIpc) is 3.19. The number of hydrogen-bond acceptors (Lipinski definition) is 8. The van der Waals surface area contributed by atoms with Crippen molar-refractivity contribution in [2.45, 2.75) is 27.1 Å². The van der Waals surface area contributed by atoms with Gasteiger partial charge in [-0.1, -0.05) is 5.16 Å². The molecule has 0 fully saturated rings. The molecule has 0 spiro atoms. The maximum absolute atomic E-state index is 12.9. The van der Waals surface area contributed by atoms with Crippen molar-refractivity contribution in [2.24, 2.45) is 0 Å². The SMILES string of the molecule is COc1cc(C(=O)Nc2ncccc2OCc2ccncc2)ccc1OCc1c(C)noc1C. The van der Waals surface area contributed by atoms with E-state index >= 15 is 0 Å². The van der Waals surface area contributed by atoms with Crippen LogP contribution in [0, 0.1) is 13.8 Å². The van der Waals surface area contributed by atoms with Gasteiger partial charge in [-0.3, -0.25) is 9.78 Å². The normalized spacial score (nSPS) is 10.6. The summed E-state index contributed by atoms with van der Waals surface area (Å²) in [7, 11) is 1.52. The number of anilines is 1. The molecular formula is C25H24N4O5. The zero-order valence-corrected chi connectivity index (χ0v) is 19.1. The fourth-order valence-electron chi connectivity index (χ4n) is 3.21. The smallest absolute Gasteiger partial charge is 0.257 e. The Bertz CT molecular complexity index is 1250. The molecule has 0 aliphatic rings. The van der Waals surface area contributed by atoms with E-state index in [1.54, 1.807) is 48.9 Å². The van der Waals surface area contributed by atoms with E-state index < -0.39 is 0 Å². The minimum absolute atomic E-state index is 0.273. The highest BCUT2D eigenvalue weighted by atomic mass is 16.5. The number of pyridine rings is 2. The number of amides is 1. The molecular weight excluding hydrogens is 436 g/mol. The number of carbonyl (C=O) groups is 1. The standard InChI is InChI=1S/C25H24N4O5/c1-16-20(17(2)34-29-16)15-33-21-7-6-19(13-23(21)31-3)25(30)28-24-22(5-4-10-27-24)32-14-18-8-11-26-12-9-18/h4-13H,14-15H2,1-3H3,(H,27,28,30). The van der Waals surface area contributed by atoms with Crippen LogP contribution in [0.4, 0.5) is 5.82 Å². The molecule has 9 heteroatoms. The minimum Gasteiger partial charge on any atom is -0.493 e. The molecule has 174 valence electrons. The van der Waals surface area contributed by atoms with E-state index in [9.17, 15) is 4.79 Å². The first-order chi connectivity index (χ1) is 16.5. The van der Waals surface area contributed by atoms with Gasteiger partial charge in [0.15, 0.2) is 23.1 Å². The lowest BCUT2D eigenvalue weighted by molar-refractivity contribution is 0.102. The van der Waals surface area contributed by atoms with Crippen LogP contribution in [0.25, 0.3) is 0 Å². The Morgan fingerprint density at radius 3 is 2.50 bits per heavy atom. The highest BCUT2D eigenvalue weighted by Gasteiger charge is 2.16. The first-order valence-electron chi connectivity index (χ1n) is 10.6. The molecule has 1 N–H and O–H groups in total. The second-order valence-corrected chi connectivity index (χ2v) is 7.41. The Labute approximate surface area is 196 Å². The fraction of sp³-hybridized carbons (Fsp3) is 0.200.